The zero-order chi connectivity index (χ0) is 23.3. The number of pyridine rings is 1. The molecule has 5 aromatic rings. The second-order valence-electron chi connectivity index (χ2n) is 7.38. The highest BCUT2D eigenvalue weighted by Crippen LogP contribution is 2.27. The maximum absolute atomic E-state index is 14.3. The highest BCUT2D eigenvalue weighted by atomic mass is 19.1. The first-order valence-electron chi connectivity index (χ1n) is 10.6. The quantitative estimate of drug-likeness (QED) is 0.398. The van der Waals surface area contributed by atoms with Crippen molar-refractivity contribution in [3.63, 3.8) is 0 Å². The van der Waals surface area contributed by atoms with Gasteiger partial charge in [0.25, 0.3) is 11.9 Å². The van der Waals surface area contributed by atoms with Crippen molar-refractivity contribution in [1.29, 1.82) is 0 Å². The number of carbonyl (C=O) groups is 1. The van der Waals surface area contributed by atoms with Gasteiger partial charge in [-0.25, -0.2) is 14.4 Å². The molecule has 9 heteroatoms. The predicted molar refractivity (Wildman–Crippen MR) is 123 cm³/mol. The molecule has 1 amide bonds. The van der Waals surface area contributed by atoms with Crippen LogP contribution in [-0.2, 0) is 6.42 Å². The Morgan fingerprint density at radius 2 is 1.94 bits per heavy atom. The van der Waals surface area contributed by atoms with Crippen molar-refractivity contribution in [2.75, 3.05) is 6.54 Å². The van der Waals surface area contributed by atoms with Crippen molar-refractivity contribution < 1.29 is 13.6 Å². The standard InChI is InChI=1S/C25H19FN6O2/c26-20-7-2-1-6-18(20)21-10-13-29-25(31-21)32-23(22-8-4-14-34-22)19(16-30-32)24(33)28-12-9-17-5-3-11-27-15-17/h1-8,10-11,13-16H,9,12H2,(H,28,33). The van der Waals surface area contributed by atoms with Crippen molar-refractivity contribution in [1.82, 2.24) is 30.0 Å². The van der Waals surface area contributed by atoms with E-state index in [1.54, 1.807) is 48.8 Å². The first-order valence-corrected chi connectivity index (χ1v) is 10.6. The van der Waals surface area contributed by atoms with Crippen LogP contribution in [0.25, 0.3) is 28.7 Å². The lowest BCUT2D eigenvalue weighted by molar-refractivity contribution is 0.0954. The monoisotopic (exact) mass is 454 g/mol. The second kappa shape index (κ2) is 9.45. The Kier molecular flexibility index (Phi) is 5.89. The molecule has 0 spiro atoms. The van der Waals surface area contributed by atoms with E-state index < -0.39 is 5.82 Å². The molecule has 0 unspecified atom stereocenters. The van der Waals surface area contributed by atoms with E-state index in [0.717, 1.165) is 5.56 Å². The fourth-order valence-corrected chi connectivity index (χ4v) is 3.55. The molecule has 0 fully saturated rings. The van der Waals surface area contributed by atoms with Gasteiger partial charge in [0.1, 0.15) is 11.5 Å². The van der Waals surface area contributed by atoms with Gasteiger partial charge in [-0.3, -0.25) is 9.78 Å². The fourth-order valence-electron chi connectivity index (χ4n) is 3.55. The molecule has 5 rings (SSSR count). The number of nitrogens with zero attached hydrogens (tertiary/aromatic N) is 5. The number of hydrogen-bond donors (Lipinski definition) is 1. The molecule has 1 aromatic carbocycles. The molecule has 168 valence electrons. The summed E-state index contributed by atoms with van der Waals surface area (Å²) in [6, 6.07) is 15.2. The van der Waals surface area contributed by atoms with E-state index in [9.17, 15) is 9.18 Å². The number of furan rings is 1. The van der Waals surface area contributed by atoms with Gasteiger partial charge in [-0.1, -0.05) is 18.2 Å². The van der Waals surface area contributed by atoms with Crippen LogP contribution in [0.5, 0.6) is 0 Å². The zero-order valence-electron chi connectivity index (χ0n) is 17.9. The minimum atomic E-state index is -0.396. The van der Waals surface area contributed by atoms with E-state index in [1.165, 1.54) is 29.4 Å². The van der Waals surface area contributed by atoms with E-state index in [2.05, 4.69) is 25.4 Å². The number of rotatable bonds is 7. The molecular formula is C25H19FN6O2. The molecular weight excluding hydrogens is 435 g/mol. The van der Waals surface area contributed by atoms with Crippen LogP contribution < -0.4 is 5.32 Å². The van der Waals surface area contributed by atoms with E-state index in [-0.39, 0.29) is 11.9 Å². The summed E-state index contributed by atoms with van der Waals surface area (Å²) < 4.78 is 21.3. The Morgan fingerprint density at radius 1 is 1.03 bits per heavy atom. The van der Waals surface area contributed by atoms with Crippen LogP contribution in [0.15, 0.2) is 90.1 Å². The number of aromatic nitrogens is 5. The van der Waals surface area contributed by atoms with Crippen molar-refractivity contribution in [2.24, 2.45) is 0 Å². The summed E-state index contributed by atoms with van der Waals surface area (Å²) in [5.41, 5.74) is 2.45. The minimum absolute atomic E-state index is 0.182. The zero-order valence-corrected chi connectivity index (χ0v) is 17.9. The molecule has 4 heterocycles. The topological polar surface area (TPSA) is 98.7 Å². The summed E-state index contributed by atoms with van der Waals surface area (Å²) in [5.74, 6) is -0.101. The van der Waals surface area contributed by atoms with Gasteiger partial charge in [0.2, 0.25) is 0 Å². The number of nitrogens with one attached hydrogen (secondary N) is 1. The number of carbonyl (C=O) groups excluding carboxylic acids is 1. The molecule has 0 saturated heterocycles. The molecule has 34 heavy (non-hydrogen) atoms. The summed E-state index contributed by atoms with van der Waals surface area (Å²) in [5, 5.41) is 7.26. The third kappa shape index (κ3) is 4.31. The van der Waals surface area contributed by atoms with E-state index in [0.29, 0.717) is 41.2 Å². The lowest BCUT2D eigenvalue weighted by atomic mass is 10.1. The molecule has 4 aromatic heterocycles. The molecule has 0 saturated carbocycles. The van der Waals surface area contributed by atoms with Gasteiger partial charge in [0.05, 0.1) is 23.7 Å². The van der Waals surface area contributed by atoms with Crippen molar-refractivity contribution in [3.8, 4) is 28.7 Å². The summed E-state index contributed by atoms with van der Waals surface area (Å²) in [4.78, 5) is 25.9. The second-order valence-corrected chi connectivity index (χ2v) is 7.38. The Morgan fingerprint density at radius 3 is 2.74 bits per heavy atom. The maximum atomic E-state index is 14.3. The van der Waals surface area contributed by atoms with E-state index >= 15 is 0 Å². The molecule has 0 aliphatic carbocycles. The molecule has 0 bridgehead atoms. The number of amides is 1. The third-order valence-electron chi connectivity index (χ3n) is 5.17. The van der Waals surface area contributed by atoms with Crippen LogP contribution in [0.4, 0.5) is 4.39 Å². The molecule has 0 atom stereocenters. The number of halogens is 1. The van der Waals surface area contributed by atoms with Crippen molar-refractivity contribution in [2.45, 2.75) is 6.42 Å². The first-order chi connectivity index (χ1) is 16.7. The van der Waals surface area contributed by atoms with Crippen LogP contribution in [0.3, 0.4) is 0 Å². The lowest BCUT2D eigenvalue weighted by Crippen LogP contribution is -2.26. The minimum Gasteiger partial charge on any atom is -0.463 e. The Hall–Kier alpha value is -4.66. The fraction of sp³-hybridized carbons (Fsp3) is 0.0800. The van der Waals surface area contributed by atoms with Crippen molar-refractivity contribution in [3.05, 3.63) is 103 Å². The van der Waals surface area contributed by atoms with Crippen LogP contribution in [0, 0.1) is 5.82 Å². The van der Waals surface area contributed by atoms with Gasteiger partial charge in [-0.15, -0.1) is 0 Å². The maximum Gasteiger partial charge on any atom is 0.255 e. The van der Waals surface area contributed by atoms with Crippen LogP contribution in [0.2, 0.25) is 0 Å². The van der Waals surface area contributed by atoms with Gasteiger partial charge in [-0.2, -0.15) is 9.78 Å². The van der Waals surface area contributed by atoms with Crippen molar-refractivity contribution >= 4 is 5.91 Å². The normalized spacial score (nSPS) is 10.9. The summed E-state index contributed by atoms with van der Waals surface area (Å²) >= 11 is 0. The smallest absolute Gasteiger partial charge is 0.255 e. The summed E-state index contributed by atoms with van der Waals surface area (Å²) in [6.07, 6.45) is 8.57. The van der Waals surface area contributed by atoms with E-state index in [1.807, 2.05) is 12.1 Å². The Balaban J connectivity index is 1.47. The Bertz CT molecular complexity index is 1420. The first kappa shape index (κ1) is 21.2. The number of benzene rings is 1. The highest BCUT2D eigenvalue weighted by Gasteiger charge is 2.23. The molecule has 0 radical (unpaired) electrons. The SMILES string of the molecule is O=C(NCCc1cccnc1)c1cnn(-c2nccc(-c3ccccc3F)n2)c1-c1ccco1. The van der Waals surface area contributed by atoms with Crippen LogP contribution in [-0.4, -0.2) is 37.2 Å². The van der Waals surface area contributed by atoms with Gasteiger partial charge >= 0.3 is 0 Å². The van der Waals surface area contributed by atoms with Gasteiger partial charge in [-0.05, 0) is 48.4 Å². The molecule has 0 aliphatic heterocycles. The van der Waals surface area contributed by atoms with Gasteiger partial charge in [0, 0.05) is 30.7 Å². The summed E-state index contributed by atoms with van der Waals surface area (Å²) in [6.45, 7) is 0.423. The summed E-state index contributed by atoms with van der Waals surface area (Å²) in [7, 11) is 0. The number of hydrogen-bond acceptors (Lipinski definition) is 6. The Labute approximate surface area is 194 Å². The average molecular weight is 454 g/mol. The average Bonchev–Trinajstić information content (AvgIpc) is 3.55. The van der Waals surface area contributed by atoms with Gasteiger partial charge in [0.15, 0.2) is 5.76 Å². The molecule has 0 aliphatic rings. The highest BCUT2D eigenvalue weighted by molar-refractivity contribution is 5.99. The largest absolute Gasteiger partial charge is 0.463 e. The lowest BCUT2D eigenvalue weighted by Gasteiger charge is -2.09. The molecule has 8 nitrogen and oxygen atoms in total. The van der Waals surface area contributed by atoms with Gasteiger partial charge < -0.3 is 9.73 Å². The predicted octanol–water partition coefficient (Wildman–Crippen LogP) is 4.10. The van der Waals surface area contributed by atoms with Crippen LogP contribution in [0.1, 0.15) is 15.9 Å². The third-order valence-corrected chi connectivity index (χ3v) is 5.17. The van der Waals surface area contributed by atoms with E-state index in [4.69, 9.17) is 4.42 Å². The van der Waals surface area contributed by atoms with Crippen LogP contribution >= 0.6 is 0 Å². The molecule has 1 N–H and O–H groups in total.